The van der Waals surface area contributed by atoms with Crippen LogP contribution < -0.4 is 5.32 Å². The number of rotatable bonds is 6. The Kier molecular flexibility index (Phi) is 5.30. The summed E-state index contributed by atoms with van der Waals surface area (Å²) in [6, 6.07) is 5.18. The molecule has 0 aliphatic rings. The first-order valence-corrected chi connectivity index (χ1v) is 7.42. The lowest BCUT2D eigenvalue weighted by molar-refractivity contribution is -0.137. The van der Waals surface area contributed by atoms with Gasteiger partial charge in [-0.2, -0.15) is 13.2 Å². The molecule has 2 aromatic rings. The van der Waals surface area contributed by atoms with E-state index in [4.69, 9.17) is 0 Å². The molecule has 0 atom stereocenters. The lowest BCUT2D eigenvalue weighted by Gasteiger charge is -2.06. The molecule has 1 N–H and O–H groups in total. The summed E-state index contributed by atoms with van der Waals surface area (Å²) in [5.41, 5.74) is 0.178. The molecule has 0 aliphatic carbocycles. The topological polar surface area (TPSA) is 37.8 Å². The van der Waals surface area contributed by atoms with Crippen molar-refractivity contribution < 1.29 is 13.2 Å². The van der Waals surface area contributed by atoms with Gasteiger partial charge in [0.15, 0.2) is 0 Å². The van der Waals surface area contributed by atoms with Crippen LogP contribution in [-0.4, -0.2) is 23.8 Å². The summed E-state index contributed by atoms with van der Waals surface area (Å²) >= 11 is 1.52. The van der Waals surface area contributed by atoms with Gasteiger partial charge in [-0.1, -0.05) is 12.1 Å². The molecule has 1 aromatic carbocycles. The first-order valence-electron chi connectivity index (χ1n) is 6.61. The molecule has 0 bridgehead atoms. The molecule has 0 unspecified atom stereocenters. The quantitative estimate of drug-likeness (QED) is 0.831. The monoisotopic (exact) mass is 315 g/mol. The standard InChI is InChI=1S/C14H16F3N3S/c1-18-8-2-3-12-19-20-13(21-12)9-10-4-6-11(7-5-10)14(15,16)17/h4-7,18H,2-3,8-9H2,1H3. The van der Waals surface area contributed by atoms with Crippen LogP contribution in [0.5, 0.6) is 0 Å². The van der Waals surface area contributed by atoms with Crippen molar-refractivity contribution >= 4 is 11.3 Å². The van der Waals surface area contributed by atoms with E-state index in [1.165, 1.54) is 23.5 Å². The molecule has 1 heterocycles. The molecule has 21 heavy (non-hydrogen) atoms. The van der Waals surface area contributed by atoms with E-state index in [9.17, 15) is 13.2 Å². The van der Waals surface area contributed by atoms with Gasteiger partial charge >= 0.3 is 6.18 Å². The summed E-state index contributed by atoms with van der Waals surface area (Å²) in [6.07, 6.45) is -1.92. The van der Waals surface area contributed by atoms with E-state index in [1.54, 1.807) is 0 Å². The molecule has 2 rings (SSSR count). The first-order chi connectivity index (χ1) is 9.99. The summed E-state index contributed by atoms with van der Waals surface area (Å²) in [7, 11) is 1.90. The lowest BCUT2D eigenvalue weighted by Crippen LogP contribution is -2.08. The lowest BCUT2D eigenvalue weighted by atomic mass is 10.1. The summed E-state index contributed by atoms with van der Waals surface area (Å²) in [4.78, 5) is 0. The Morgan fingerprint density at radius 1 is 1.10 bits per heavy atom. The maximum absolute atomic E-state index is 12.5. The average molecular weight is 315 g/mol. The average Bonchev–Trinajstić information content (AvgIpc) is 2.86. The van der Waals surface area contributed by atoms with E-state index in [0.717, 1.165) is 47.1 Å². The number of nitrogens with zero attached hydrogens (tertiary/aromatic N) is 2. The van der Waals surface area contributed by atoms with Crippen LogP contribution in [0.3, 0.4) is 0 Å². The van der Waals surface area contributed by atoms with E-state index in [0.29, 0.717) is 6.42 Å². The maximum atomic E-state index is 12.5. The van der Waals surface area contributed by atoms with E-state index in [2.05, 4.69) is 15.5 Å². The Bertz CT molecular complexity index is 564. The molecule has 1 aromatic heterocycles. The Labute approximate surface area is 125 Å². The van der Waals surface area contributed by atoms with Crippen molar-refractivity contribution in [2.45, 2.75) is 25.4 Å². The normalized spacial score (nSPS) is 11.8. The van der Waals surface area contributed by atoms with Crippen molar-refractivity contribution in [3.63, 3.8) is 0 Å². The van der Waals surface area contributed by atoms with E-state index < -0.39 is 11.7 Å². The fourth-order valence-corrected chi connectivity index (χ4v) is 2.78. The van der Waals surface area contributed by atoms with Gasteiger partial charge < -0.3 is 5.32 Å². The number of benzene rings is 1. The highest BCUT2D eigenvalue weighted by Crippen LogP contribution is 2.29. The molecule has 0 saturated heterocycles. The second kappa shape index (κ2) is 7.00. The molecule has 0 amide bonds. The van der Waals surface area contributed by atoms with Crippen LogP contribution in [0.15, 0.2) is 24.3 Å². The number of hydrogen-bond acceptors (Lipinski definition) is 4. The van der Waals surface area contributed by atoms with Crippen molar-refractivity contribution in [3.05, 3.63) is 45.4 Å². The minimum absolute atomic E-state index is 0.516. The Morgan fingerprint density at radius 2 is 1.76 bits per heavy atom. The highest BCUT2D eigenvalue weighted by Gasteiger charge is 2.29. The fraction of sp³-hybridized carbons (Fsp3) is 0.429. The Balaban J connectivity index is 1.95. The third kappa shape index (κ3) is 4.78. The van der Waals surface area contributed by atoms with E-state index >= 15 is 0 Å². The third-order valence-corrected chi connectivity index (χ3v) is 3.95. The van der Waals surface area contributed by atoms with Crippen LogP contribution in [0, 0.1) is 0 Å². The minimum Gasteiger partial charge on any atom is -0.320 e. The Hall–Kier alpha value is -1.47. The van der Waals surface area contributed by atoms with E-state index in [1.807, 2.05) is 7.05 Å². The summed E-state index contributed by atoms with van der Waals surface area (Å²) in [5, 5.41) is 13.0. The molecule has 7 heteroatoms. The van der Waals surface area contributed by atoms with E-state index in [-0.39, 0.29) is 0 Å². The highest BCUT2D eigenvalue weighted by molar-refractivity contribution is 7.11. The van der Waals surface area contributed by atoms with Crippen LogP contribution >= 0.6 is 11.3 Å². The molecule has 3 nitrogen and oxygen atoms in total. The fourth-order valence-electron chi connectivity index (χ4n) is 1.86. The van der Waals surface area contributed by atoms with Gasteiger partial charge in [0.05, 0.1) is 5.56 Å². The number of aromatic nitrogens is 2. The zero-order chi connectivity index (χ0) is 15.3. The molecule has 0 radical (unpaired) electrons. The second-order valence-electron chi connectivity index (χ2n) is 4.67. The van der Waals surface area contributed by atoms with Crippen molar-refractivity contribution in [2.24, 2.45) is 0 Å². The largest absolute Gasteiger partial charge is 0.416 e. The molecule has 0 fully saturated rings. The minimum atomic E-state index is -4.29. The van der Waals surface area contributed by atoms with Crippen LogP contribution in [0.4, 0.5) is 13.2 Å². The van der Waals surface area contributed by atoms with Crippen molar-refractivity contribution in [1.82, 2.24) is 15.5 Å². The zero-order valence-corrected chi connectivity index (χ0v) is 12.4. The predicted octanol–water partition coefficient (Wildman–Crippen LogP) is 3.30. The number of aryl methyl sites for hydroxylation is 1. The SMILES string of the molecule is CNCCCc1nnc(Cc2ccc(C(F)(F)F)cc2)s1. The van der Waals surface area contributed by atoms with Gasteiger partial charge in [-0.15, -0.1) is 21.5 Å². The molecule has 0 aliphatic heterocycles. The molecular weight excluding hydrogens is 299 g/mol. The van der Waals surface area contributed by atoms with Gasteiger partial charge in [-0.3, -0.25) is 0 Å². The van der Waals surface area contributed by atoms with Gasteiger partial charge in [0.1, 0.15) is 10.0 Å². The first kappa shape index (κ1) is 15.9. The number of nitrogens with one attached hydrogen (secondary N) is 1. The molecular formula is C14H16F3N3S. The Morgan fingerprint density at radius 3 is 2.38 bits per heavy atom. The summed E-state index contributed by atoms with van der Waals surface area (Å²) in [5.74, 6) is 0. The van der Waals surface area contributed by atoms with Gasteiger partial charge in [0.2, 0.25) is 0 Å². The molecule has 0 saturated carbocycles. The zero-order valence-electron chi connectivity index (χ0n) is 11.6. The molecule has 114 valence electrons. The van der Waals surface area contributed by atoms with Crippen molar-refractivity contribution in [3.8, 4) is 0 Å². The highest BCUT2D eigenvalue weighted by atomic mass is 32.1. The second-order valence-corrected chi connectivity index (χ2v) is 5.81. The van der Waals surface area contributed by atoms with Gasteiger partial charge in [-0.25, -0.2) is 0 Å². The van der Waals surface area contributed by atoms with Crippen LogP contribution in [-0.2, 0) is 19.0 Å². The number of halogens is 3. The summed E-state index contributed by atoms with van der Waals surface area (Å²) < 4.78 is 37.4. The van der Waals surface area contributed by atoms with Crippen molar-refractivity contribution in [1.29, 1.82) is 0 Å². The van der Waals surface area contributed by atoms with Crippen LogP contribution in [0.1, 0.15) is 27.6 Å². The maximum Gasteiger partial charge on any atom is 0.416 e. The van der Waals surface area contributed by atoms with Gasteiger partial charge in [-0.05, 0) is 37.7 Å². The summed E-state index contributed by atoms with van der Waals surface area (Å²) in [6.45, 7) is 0.924. The number of alkyl halides is 3. The predicted molar refractivity (Wildman–Crippen MR) is 76.4 cm³/mol. The van der Waals surface area contributed by atoms with Crippen LogP contribution in [0.25, 0.3) is 0 Å². The smallest absolute Gasteiger partial charge is 0.320 e. The van der Waals surface area contributed by atoms with Crippen LogP contribution in [0.2, 0.25) is 0 Å². The van der Waals surface area contributed by atoms with Gasteiger partial charge in [0.25, 0.3) is 0 Å². The number of hydrogen-bond donors (Lipinski definition) is 1. The van der Waals surface area contributed by atoms with Crippen molar-refractivity contribution in [2.75, 3.05) is 13.6 Å². The van der Waals surface area contributed by atoms with Gasteiger partial charge in [0, 0.05) is 12.8 Å². The molecule has 0 spiro atoms. The third-order valence-electron chi connectivity index (χ3n) is 2.96.